The number of carbonyl (C=O) groups excluding carboxylic acids is 2. The molecule has 1 aromatic heterocycles. The molecule has 8 heteroatoms. The molecule has 27 heavy (non-hydrogen) atoms. The zero-order chi connectivity index (χ0) is 20.0. The van der Waals surface area contributed by atoms with E-state index in [9.17, 15) is 14.0 Å². The fraction of sp³-hybridized carbons (Fsp3) is 0.368. The molecule has 6 nitrogen and oxygen atoms in total. The molecule has 0 aliphatic rings. The zero-order valence-corrected chi connectivity index (χ0v) is 16.4. The summed E-state index contributed by atoms with van der Waals surface area (Å²) < 4.78 is 17.1. The van der Waals surface area contributed by atoms with Gasteiger partial charge < -0.3 is 10.2 Å². The van der Waals surface area contributed by atoms with Crippen molar-refractivity contribution < 1.29 is 14.0 Å². The fourth-order valence-electron chi connectivity index (χ4n) is 2.46. The van der Waals surface area contributed by atoms with Crippen molar-refractivity contribution in [1.29, 1.82) is 0 Å². The standard InChI is InChI=1S/C19H23FN4O2S/c1-5-11-24(18(26)15-12-27-23-22-15)16(13-7-9-14(20)10-8-13)17(25)21-19(3,4)6-2/h5,7-10,12,16H,1,6,11H2,2-4H3,(H,21,25)/t16-/m0/s1. The topological polar surface area (TPSA) is 75.2 Å². The number of rotatable bonds is 8. The number of amides is 2. The number of hydrogen-bond acceptors (Lipinski definition) is 5. The Morgan fingerprint density at radius 1 is 1.37 bits per heavy atom. The molecule has 0 radical (unpaired) electrons. The lowest BCUT2D eigenvalue weighted by molar-refractivity contribution is -0.127. The largest absolute Gasteiger partial charge is 0.349 e. The number of nitrogens with one attached hydrogen (secondary N) is 1. The molecular formula is C19H23FN4O2S. The summed E-state index contributed by atoms with van der Waals surface area (Å²) in [6.07, 6.45) is 2.24. The third-order valence-electron chi connectivity index (χ3n) is 4.26. The molecule has 0 aliphatic carbocycles. The molecule has 0 bridgehead atoms. The Labute approximate surface area is 162 Å². The van der Waals surface area contributed by atoms with Crippen LogP contribution in [0.1, 0.15) is 49.3 Å². The van der Waals surface area contributed by atoms with Crippen LogP contribution in [0.3, 0.4) is 0 Å². The Hall–Kier alpha value is -2.61. The molecule has 2 rings (SSSR count). The zero-order valence-electron chi connectivity index (χ0n) is 15.6. The van der Waals surface area contributed by atoms with Gasteiger partial charge in [-0.05, 0) is 49.5 Å². The molecule has 1 atom stereocenters. The first-order valence-corrected chi connectivity index (χ1v) is 9.39. The Kier molecular flexibility index (Phi) is 6.79. The van der Waals surface area contributed by atoms with E-state index in [0.717, 1.165) is 11.5 Å². The van der Waals surface area contributed by atoms with E-state index in [1.807, 2.05) is 20.8 Å². The van der Waals surface area contributed by atoms with Crippen molar-refractivity contribution in [2.75, 3.05) is 6.54 Å². The minimum Gasteiger partial charge on any atom is -0.349 e. The first kappa shape index (κ1) is 20.7. The summed E-state index contributed by atoms with van der Waals surface area (Å²) in [5.41, 5.74) is 0.191. The number of carbonyl (C=O) groups is 2. The molecule has 1 heterocycles. The minimum absolute atomic E-state index is 0.123. The smallest absolute Gasteiger partial charge is 0.276 e. The van der Waals surface area contributed by atoms with Crippen LogP contribution in [0.2, 0.25) is 0 Å². The average Bonchev–Trinajstić information content (AvgIpc) is 3.16. The maximum absolute atomic E-state index is 13.4. The third kappa shape index (κ3) is 5.19. The van der Waals surface area contributed by atoms with E-state index >= 15 is 0 Å². The SMILES string of the molecule is C=CCN(C(=O)c1csnn1)[C@H](C(=O)NC(C)(C)CC)c1ccc(F)cc1. The van der Waals surface area contributed by atoms with Gasteiger partial charge in [0, 0.05) is 17.5 Å². The van der Waals surface area contributed by atoms with Gasteiger partial charge in [0.05, 0.1) is 0 Å². The van der Waals surface area contributed by atoms with E-state index in [-0.39, 0.29) is 18.1 Å². The number of nitrogens with zero attached hydrogens (tertiary/aromatic N) is 3. The Balaban J connectivity index is 2.47. The van der Waals surface area contributed by atoms with Gasteiger partial charge in [-0.2, -0.15) is 0 Å². The Bertz CT molecular complexity index is 791. The molecule has 0 fully saturated rings. The van der Waals surface area contributed by atoms with E-state index in [1.165, 1.54) is 40.6 Å². The van der Waals surface area contributed by atoms with Crippen LogP contribution in [0, 0.1) is 5.82 Å². The van der Waals surface area contributed by atoms with Crippen molar-refractivity contribution >= 4 is 23.3 Å². The maximum atomic E-state index is 13.4. The molecule has 2 aromatic rings. The molecule has 2 amide bonds. The van der Waals surface area contributed by atoms with Crippen LogP contribution in [0.5, 0.6) is 0 Å². The summed E-state index contributed by atoms with van der Waals surface area (Å²) in [4.78, 5) is 27.4. The van der Waals surface area contributed by atoms with Crippen LogP contribution in [0.25, 0.3) is 0 Å². The van der Waals surface area contributed by atoms with Gasteiger partial charge in [-0.3, -0.25) is 9.59 Å². The molecule has 1 aromatic carbocycles. The van der Waals surface area contributed by atoms with Crippen LogP contribution in [0.15, 0.2) is 42.3 Å². The van der Waals surface area contributed by atoms with E-state index in [0.29, 0.717) is 12.0 Å². The monoisotopic (exact) mass is 390 g/mol. The summed E-state index contributed by atoms with van der Waals surface area (Å²) in [6, 6.07) is 4.58. The second-order valence-electron chi connectivity index (χ2n) is 6.72. The molecular weight excluding hydrogens is 367 g/mol. The van der Waals surface area contributed by atoms with E-state index in [4.69, 9.17) is 0 Å². The van der Waals surface area contributed by atoms with Gasteiger partial charge in [0.2, 0.25) is 5.91 Å². The van der Waals surface area contributed by atoms with Crippen LogP contribution in [-0.2, 0) is 4.79 Å². The summed E-state index contributed by atoms with van der Waals surface area (Å²) in [7, 11) is 0. The predicted molar refractivity (Wildman–Crippen MR) is 103 cm³/mol. The van der Waals surface area contributed by atoms with Crippen molar-refractivity contribution in [3.8, 4) is 0 Å². The fourth-order valence-corrected chi connectivity index (χ4v) is 2.89. The van der Waals surface area contributed by atoms with Gasteiger partial charge in [0.15, 0.2) is 5.69 Å². The molecule has 0 saturated carbocycles. The highest BCUT2D eigenvalue weighted by Gasteiger charge is 2.34. The first-order chi connectivity index (χ1) is 12.8. The van der Waals surface area contributed by atoms with Gasteiger partial charge in [-0.25, -0.2) is 4.39 Å². The van der Waals surface area contributed by atoms with E-state index in [1.54, 1.807) is 0 Å². The lowest BCUT2D eigenvalue weighted by Gasteiger charge is -2.33. The highest BCUT2D eigenvalue weighted by atomic mass is 32.1. The minimum atomic E-state index is -0.955. The lowest BCUT2D eigenvalue weighted by Crippen LogP contribution is -2.50. The van der Waals surface area contributed by atoms with Crippen molar-refractivity contribution in [3.05, 3.63) is 59.4 Å². The average molecular weight is 390 g/mol. The molecule has 1 N–H and O–H groups in total. The first-order valence-electron chi connectivity index (χ1n) is 8.55. The van der Waals surface area contributed by atoms with Crippen molar-refractivity contribution in [2.24, 2.45) is 0 Å². The number of hydrogen-bond donors (Lipinski definition) is 1. The van der Waals surface area contributed by atoms with E-state index < -0.39 is 23.3 Å². The van der Waals surface area contributed by atoms with Gasteiger partial charge in [-0.15, -0.1) is 11.7 Å². The highest BCUT2D eigenvalue weighted by molar-refractivity contribution is 7.03. The Morgan fingerprint density at radius 2 is 2.04 bits per heavy atom. The summed E-state index contributed by atoms with van der Waals surface area (Å²) in [6.45, 7) is 9.57. The molecule has 0 aliphatic heterocycles. The number of halogens is 1. The van der Waals surface area contributed by atoms with Gasteiger partial charge in [0.1, 0.15) is 11.9 Å². The number of aromatic nitrogens is 2. The van der Waals surface area contributed by atoms with Crippen molar-refractivity contribution in [1.82, 2.24) is 19.8 Å². The molecule has 144 valence electrons. The van der Waals surface area contributed by atoms with Gasteiger partial charge >= 0.3 is 0 Å². The molecule has 0 spiro atoms. The molecule has 0 unspecified atom stereocenters. The summed E-state index contributed by atoms with van der Waals surface area (Å²) in [5, 5.41) is 8.30. The maximum Gasteiger partial charge on any atom is 0.276 e. The Morgan fingerprint density at radius 3 is 2.56 bits per heavy atom. The number of benzene rings is 1. The normalized spacial score (nSPS) is 12.3. The van der Waals surface area contributed by atoms with E-state index in [2.05, 4.69) is 21.5 Å². The lowest BCUT2D eigenvalue weighted by atomic mass is 9.98. The second-order valence-corrected chi connectivity index (χ2v) is 7.33. The van der Waals surface area contributed by atoms with Crippen LogP contribution in [-0.4, -0.2) is 38.4 Å². The van der Waals surface area contributed by atoms with Crippen LogP contribution in [0.4, 0.5) is 4.39 Å². The third-order valence-corrected chi connectivity index (χ3v) is 4.76. The molecule has 0 saturated heterocycles. The van der Waals surface area contributed by atoms with Gasteiger partial charge in [-0.1, -0.05) is 29.6 Å². The predicted octanol–water partition coefficient (Wildman–Crippen LogP) is 3.35. The summed E-state index contributed by atoms with van der Waals surface area (Å²) in [5.74, 6) is -1.22. The quantitative estimate of drug-likeness (QED) is 0.702. The van der Waals surface area contributed by atoms with Crippen LogP contribution < -0.4 is 5.32 Å². The van der Waals surface area contributed by atoms with Crippen LogP contribution >= 0.6 is 11.5 Å². The van der Waals surface area contributed by atoms with Crippen molar-refractivity contribution in [3.63, 3.8) is 0 Å². The summed E-state index contributed by atoms with van der Waals surface area (Å²) >= 11 is 1.05. The van der Waals surface area contributed by atoms with Crippen molar-refractivity contribution in [2.45, 2.75) is 38.8 Å². The highest BCUT2D eigenvalue weighted by Crippen LogP contribution is 2.25. The second kappa shape index (κ2) is 8.85. The van der Waals surface area contributed by atoms with Gasteiger partial charge in [0.25, 0.3) is 5.91 Å².